The summed E-state index contributed by atoms with van der Waals surface area (Å²) in [5, 5.41) is 18.3. The molecule has 0 heterocycles. The first-order valence-corrected chi connectivity index (χ1v) is 17.9. The molecule has 4 rings (SSSR count). The highest BCUT2D eigenvalue weighted by Crippen LogP contribution is 2.26. The van der Waals surface area contributed by atoms with E-state index in [0.29, 0.717) is 35.2 Å². The molecule has 0 fully saturated rings. The Hall–Kier alpha value is -3.52. The summed E-state index contributed by atoms with van der Waals surface area (Å²) in [7, 11) is 0. The molecule has 0 aliphatic rings. The monoisotopic (exact) mass is 639 g/mol. The van der Waals surface area contributed by atoms with Crippen LogP contribution in [0.5, 0.6) is 11.5 Å². The maximum atomic E-state index is 9.16. The van der Waals surface area contributed by atoms with Crippen LogP contribution in [0.2, 0.25) is 0 Å². The number of rotatable bonds is 8. The van der Waals surface area contributed by atoms with Crippen LogP contribution in [0.15, 0.2) is 97.1 Å². The average molecular weight is 639 g/mol. The molecule has 0 bridgehead atoms. The minimum Gasteiger partial charge on any atom is -0.508 e. The minimum absolute atomic E-state index is 0.272. The molecule has 2 N–H and O–H groups in total. The highest BCUT2D eigenvalue weighted by molar-refractivity contribution is 5.31. The molecule has 4 unspecified atom stereocenters. The van der Waals surface area contributed by atoms with Crippen molar-refractivity contribution >= 4 is 0 Å². The van der Waals surface area contributed by atoms with Gasteiger partial charge in [0.25, 0.3) is 0 Å². The van der Waals surface area contributed by atoms with Crippen LogP contribution in [0.3, 0.4) is 0 Å². The summed E-state index contributed by atoms with van der Waals surface area (Å²) < 4.78 is 0. The van der Waals surface area contributed by atoms with Crippen LogP contribution in [0, 0.1) is 6.92 Å². The fourth-order valence-electron chi connectivity index (χ4n) is 4.81. The van der Waals surface area contributed by atoms with Crippen molar-refractivity contribution in [2.24, 2.45) is 0 Å². The number of hydrogen-bond donors (Lipinski definition) is 2. The lowest BCUT2D eigenvalue weighted by Gasteiger charge is -2.20. The van der Waals surface area contributed by atoms with Crippen LogP contribution >= 0.6 is 0 Å². The van der Waals surface area contributed by atoms with Crippen molar-refractivity contribution in [1.82, 2.24) is 0 Å². The van der Waals surface area contributed by atoms with Gasteiger partial charge in [-0.1, -0.05) is 155 Å². The Labute approximate surface area is 289 Å². The van der Waals surface area contributed by atoms with Crippen molar-refractivity contribution in [3.8, 4) is 11.5 Å². The van der Waals surface area contributed by atoms with Crippen LogP contribution in [0.1, 0.15) is 159 Å². The van der Waals surface area contributed by atoms with Crippen molar-refractivity contribution in [3.05, 3.63) is 130 Å². The molecule has 258 valence electrons. The maximum absolute atomic E-state index is 9.16. The summed E-state index contributed by atoms with van der Waals surface area (Å²) in [5.41, 5.74) is 8.38. The minimum atomic E-state index is 0.272. The van der Waals surface area contributed by atoms with E-state index >= 15 is 0 Å². The van der Waals surface area contributed by atoms with Crippen LogP contribution in [0.4, 0.5) is 0 Å². The van der Waals surface area contributed by atoms with E-state index in [1.54, 1.807) is 12.1 Å². The van der Waals surface area contributed by atoms with Crippen LogP contribution < -0.4 is 0 Å². The van der Waals surface area contributed by atoms with Crippen molar-refractivity contribution in [3.63, 3.8) is 0 Å². The number of benzene rings is 4. The predicted molar refractivity (Wildman–Crippen MR) is 207 cm³/mol. The van der Waals surface area contributed by atoms with Crippen molar-refractivity contribution in [1.29, 1.82) is 0 Å². The summed E-state index contributed by atoms with van der Waals surface area (Å²) in [6.45, 7) is 26.5. The van der Waals surface area contributed by atoms with E-state index in [2.05, 4.69) is 132 Å². The molecule has 2 nitrogen and oxygen atoms in total. The topological polar surface area (TPSA) is 40.5 Å². The lowest BCUT2D eigenvalue weighted by molar-refractivity contribution is 0.473. The van der Waals surface area contributed by atoms with E-state index < -0.39 is 0 Å². The van der Waals surface area contributed by atoms with Gasteiger partial charge in [-0.05, 0) is 114 Å². The van der Waals surface area contributed by atoms with E-state index in [0.717, 1.165) is 12.8 Å². The Morgan fingerprint density at radius 3 is 1.09 bits per heavy atom. The molecule has 0 aliphatic carbocycles. The van der Waals surface area contributed by atoms with Crippen molar-refractivity contribution in [2.45, 2.75) is 138 Å². The summed E-state index contributed by atoms with van der Waals surface area (Å²) in [6.07, 6.45) is 4.67. The summed E-state index contributed by atoms with van der Waals surface area (Å²) in [5.74, 6) is 3.20. The molecule has 0 radical (unpaired) electrons. The smallest absolute Gasteiger partial charge is 0.115 e. The first kappa shape index (κ1) is 41.5. The second-order valence-corrected chi connectivity index (χ2v) is 14.2. The zero-order chi connectivity index (χ0) is 35.6. The fraction of sp³-hybridized carbons (Fsp3) is 0.467. The number of phenolic OH excluding ortho intramolecular Hbond substituents is 2. The molecule has 0 saturated heterocycles. The predicted octanol–water partition coefficient (Wildman–Crippen LogP) is 13.8. The molecule has 0 amide bonds. The average Bonchev–Trinajstić information content (AvgIpc) is 3.07. The Morgan fingerprint density at radius 1 is 0.468 bits per heavy atom. The maximum Gasteiger partial charge on any atom is 0.115 e. The standard InChI is InChI=1S/C14H22.C11H16.2C10H14O/c1-6-11(2)12-7-9-13(10-8-12)14(3,4)5;1-4-10(3)11-7-5-9(2)6-8-11;2*1-3-8(2)9-5-4-6-10(11)7-9/h7-11H,6H2,1-5H3;5-8,10H,4H2,1-3H3;2*4-8,11H,3H2,1-2H3. The van der Waals surface area contributed by atoms with Gasteiger partial charge in [0, 0.05) is 0 Å². The molecule has 0 aromatic heterocycles. The normalized spacial score (nSPS) is 13.3. The van der Waals surface area contributed by atoms with Crippen LogP contribution in [-0.2, 0) is 5.41 Å². The lowest BCUT2D eigenvalue weighted by Crippen LogP contribution is -2.10. The molecular formula is C45H66O2. The summed E-state index contributed by atoms with van der Waals surface area (Å²) in [4.78, 5) is 0. The second-order valence-electron chi connectivity index (χ2n) is 14.2. The molecular weight excluding hydrogens is 572 g/mol. The van der Waals surface area contributed by atoms with E-state index in [1.807, 2.05) is 36.4 Å². The van der Waals surface area contributed by atoms with E-state index in [4.69, 9.17) is 10.2 Å². The molecule has 2 heteroatoms. The van der Waals surface area contributed by atoms with Crippen molar-refractivity contribution in [2.75, 3.05) is 0 Å². The highest BCUT2D eigenvalue weighted by Gasteiger charge is 2.13. The molecule has 0 spiro atoms. The van der Waals surface area contributed by atoms with Gasteiger partial charge in [0.05, 0.1) is 0 Å². The third-order valence-corrected chi connectivity index (χ3v) is 9.32. The molecule has 0 aliphatic heterocycles. The van der Waals surface area contributed by atoms with Gasteiger partial charge >= 0.3 is 0 Å². The number of aryl methyl sites for hydroxylation is 1. The molecule has 0 saturated carbocycles. The van der Waals surface area contributed by atoms with Crippen molar-refractivity contribution < 1.29 is 10.2 Å². The zero-order valence-corrected chi connectivity index (χ0v) is 31.8. The van der Waals surface area contributed by atoms with Gasteiger partial charge < -0.3 is 10.2 Å². The van der Waals surface area contributed by atoms with E-state index in [9.17, 15) is 0 Å². The molecule has 4 aromatic carbocycles. The van der Waals surface area contributed by atoms with Crippen LogP contribution in [-0.4, -0.2) is 10.2 Å². The van der Waals surface area contributed by atoms with Gasteiger partial charge in [-0.15, -0.1) is 0 Å². The van der Waals surface area contributed by atoms with Gasteiger partial charge in [0.1, 0.15) is 11.5 Å². The first-order chi connectivity index (χ1) is 22.2. The van der Waals surface area contributed by atoms with Gasteiger partial charge in [0.15, 0.2) is 0 Å². The van der Waals surface area contributed by atoms with Gasteiger partial charge in [-0.25, -0.2) is 0 Å². The number of phenols is 2. The van der Waals surface area contributed by atoms with Gasteiger partial charge in [0.2, 0.25) is 0 Å². The summed E-state index contributed by atoms with van der Waals surface area (Å²) >= 11 is 0. The Balaban J connectivity index is 0.000000315. The Morgan fingerprint density at radius 2 is 0.787 bits per heavy atom. The Bertz CT molecular complexity index is 1330. The first-order valence-electron chi connectivity index (χ1n) is 17.9. The summed E-state index contributed by atoms with van der Waals surface area (Å²) in [6, 6.07) is 32.8. The highest BCUT2D eigenvalue weighted by atomic mass is 16.3. The fourth-order valence-corrected chi connectivity index (χ4v) is 4.81. The third kappa shape index (κ3) is 15.8. The number of hydrogen-bond acceptors (Lipinski definition) is 2. The van der Waals surface area contributed by atoms with Gasteiger partial charge in [-0.2, -0.15) is 0 Å². The largest absolute Gasteiger partial charge is 0.508 e. The molecule has 4 atom stereocenters. The lowest BCUT2D eigenvalue weighted by atomic mass is 9.85. The SMILES string of the molecule is CCC(C)c1ccc(C(C)(C)C)cc1.CCC(C)c1ccc(C)cc1.CCC(C)c1cccc(O)c1.CCC(C)c1cccc(O)c1. The third-order valence-electron chi connectivity index (χ3n) is 9.32. The number of aromatic hydroxyl groups is 2. The quantitative estimate of drug-likeness (QED) is 0.202. The van der Waals surface area contributed by atoms with E-state index in [-0.39, 0.29) is 5.41 Å². The molecule has 4 aromatic rings. The molecule has 47 heavy (non-hydrogen) atoms. The zero-order valence-electron chi connectivity index (χ0n) is 31.8. The second kappa shape index (κ2) is 21.4. The Kier molecular flexibility index (Phi) is 18.9. The van der Waals surface area contributed by atoms with E-state index in [1.165, 1.54) is 46.2 Å². The van der Waals surface area contributed by atoms with Crippen LogP contribution in [0.25, 0.3) is 0 Å². The van der Waals surface area contributed by atoms with Gasteiger partial charge in [-0.3, -0.25) is 0 Å².